The van der Waals surface area contributed by atoms with Crippen LogP contribution >= 0.6 is 22.5 Å². The van der Waals surface area contributed by atoms with Crippen LogP contribution in [0, 0.1) is 0 Å². The fraction of sp³-hybridized carbons (Fsp3) is 0.606. The number of hydrogen-bond donors (Lipinski definition) is 5. The molecule has 0 bridgehead atoms. The Hall–Kier alpha value is -1.85. The van der Waals surface area contributed by atoms with Gasteiger partial charge >= 0.3 is 0 Å². The van der Waals surface area contributed by atoms with E-state index in [9.17, 15) is 20.1 Å². The molecule has 2 aliphatic heterocycles. The molecule has 1 aliphatic carbocycles. The SMILES string of the molecule is C[SH]1C[C@@H](O)[C@@H](O)[C@@H](O)[C@@H]1c1ccc(Cl)c(Cc2ccc(OCCCC(=O)NC3CCCCC3N3CCOCC3)cc2)c1. The van der Waals surface area contributed by atoms with Gasteiger partial charge in [0.15, 0.2) is 0 Å². The molecule has 2 heterocycles. The number of hydrogen-bond acceptors (Lipinski definition) is 7. The molecule has 3 fully saturated rings. The zero-order chi connectivity index (χ0) is 30.3. The number of nitrogens with zero attached hydrogens (tertiary/aromatic N) is 1. The van der Waals surface area contributed by atoms with Crippen LogP contribution in [0.15, 0.2) is 42.5 Å². The van der Waals surface area contributed by atoms with Gasteiger partial charge in [-0.15, -0.1) is 0 Å². The lowest BCUT2D eigenvalue weighted by molar-refractivity contribution is -0.123. The lowest BCUT2D eigenvalue weighted by Crippen LogP contribution is -2.55. The van der Waals surface area contributed by atoms with Gasteiger partial charge in [0.25, 0.3) is 0 Å². The molecule has 7 atom stereocenters. The first-order valence-corrected chi connectivity index (χ1v) is 18.1. The van der Waals surface area contributed by atoms with Gasteiger partial charge in [0, 0.05) is 47.6 Å². The van der Waals surface area contributed by atoms with Gasteiger partial charge in [0.2, 0.25) is 5.91 Å². The van der Waals surface area contributed by atoms with Crippen LogP contribution in [0.5, 0.6) is 5.75 Å². The molecule has 8 nitrogen and oxygen atoms in total. The number of halogens is 1. The maximum atomic E-state index is 12.7. The number of carbonyl (C=O) groups excluding carboxylic acids is 1. The highest BCUT2D eigenvalue weighted by Crippen LogP contribution is 2.48. The van der Waals surface area contributed by atoms with Crippen molar-refractivity contribution in [3.05, 3.63) is 64.2 Å². The van der Waals surface area contributed by atoms with Gasteiger partial charge in [0.1, 0.15) is 11.9 Å². The molecule has 4 N–H and O–H groups in total. The molecule has 2 aromatic rings. The van der Waals surface area contributed by atoms with Crippen molar-refractivity contribution >= 4 is 28.4 Å². The van der Waals surface area contributed by atoms with Gasteiger partial charge in [-0.3, -0.25) is 9.69 Å². The monoisotopic (exact) mass is 634 g/mol. The lowest BCUT2D eigenvalue weighted by atomic mass is 9.88. The first-order chi connectivity index (χ1) is 20.8. The minimum atomic E-state index is -1.14. The molecule has 0 aromatic heterocycles. The Labute approximate surface area is 263 Å². The van der Waals surface area contributed by atoms with Gasteiger partial charge in [-0.2, -0.15) is 0 Å². The quantitative estimate of drug-likeness (QED) is 0.201. The highest BCUT2D eigenvalue weighted by molar-refractivity contribution is 8.16. The zero-order valence-electron chi connectivity index (χ0n) is 25.0. The predicted octanol–water partition coefficient (Wildman–Crippen LogP) is 3.62. The number of thiol groups is 1. The second-order valence-corrected chi connectivity index (χ2v) is 15.1. The topological polar surface area (TPSA) is 111 Å². The molecule has 2 saturated heterocycles. The van der Waals surface area contributed by atoms with E-state index in [0.29, 0.717) is 42.7 Å². The molecule has 5 rings (SSSR count). The molecule has 1 saturated carbocycles. The zero-order valence-corrected chi connectivity index (χ0v) is 26.7. The molecule has 10 heteroatoms. The van der Waals surface area contributed by atoms with Crippen LogP contribution in [0.2, 0.25) is 5.02 Å². The van der Waals surface area contributed by atoms with Crippen LogP contribution in [0.4, 0.5) is 0 Å². The first-order valence-electron chi connectivity index (χ1n) is 15.7. The second kappa shape index (κ2) is 15.4. The smallest absolute Gasteiger partial charge is 0.220 e. The van der Waals surface area contributed by atoms with Crippen LogP contribution < -0.4 is 10.1 Å². The summed E-state index contributed by atoms with van der Waals surface area (Å²) >= 11 is 6.55. The molecular formula is C33H47ClN2O6S. The van der Waals surface area contributed by atoms with Crippen LogP contribution in [0.3, 0.4) is 0 Å². The van der Waals surface area contributed by atoms with Crippen LogP contribution in [0.1, 0.15) is 60.5 Å². The third-order valence-corrected chi connectivity index (χ3v) is 12.0. The molecule has 238 valence electrons. The van der Waals surface area contributed by atoms with E-state index in [0.717, 1.165) is 61.6 Å². The largest absolute Gasteiger partial charge is 0.494 e. The summed E-state index contributed by atoms with van der Waals surface area (Å²) in [6, 6.07) is 14.3. The molecule has 2 aromatic carbocycles. The highest BCUT2D eigenvalue weighted by Gasteiger charge is 2.40. The van der Waals surface area contributed by atoms with Crippen molar-refractivity contribution in [1.82, 2.24) is 10.2 Å². The number of morpholine rings is 1. The van der Waals surface area contributed by atoms with Gasteiger partial charge in [-0.1, -0.05) is 48.7 Å². The number of nitrogens with one attached hydrogen (secondary N) is 1. The highest BCUT2D eigenvalue weighted by atomic mass is 35.5. The maximum Gasteiger partial charge on any atom is 0.220 e. The standard InChI is InChI=1S/C33H47ClN2O6S/c1-43-21-29(37)31(39)32(40)33(43)23-10-13-26(34)24(20-23)19-22-8-11-25(12-9-22)42-16-4-7-30(38)35-27-5-2-3-6-28(27)36-14-17-41-18-15-36/h8-13,20,27-29,31-33,37,39-40,43H,2-7,14-19,21H2,1H3,(H,35,38)/t27?,28?,29-,31-,32-,33+/m1/s1. The number of ether oxygens (including phenoxy) is 2. The van der Waals surface area contributed by atoms with Gasteiger partial charge in [0.05, 0.1) is 32.0 Å². The number of rotatable bonds is 10. The van der Waals surface area contributed by atoms with E-state index >= 15 is 0 Å². The van der Waals surface area contributed by atoms with E-state index in [4.69, 9.17) is 21.1 Å². The predicted molar refractivity (Wildman–Crippen MR) is 173 cm³/mol. The Balaban J connectivity index is 1.08. The van der Waals surface area contributed by atoms with Crippen molar-refractivity contribution in [3.63, 3.8) is 0 Å². The van der Waals surface area contributed by atoms with E-state index in [-0.39, 0.29) is 17.2 Å². The Morgan fingerprint density at radius 3 is 2.58 bits per heavy atom. The number of carbonyl (C=O) groups is 1. The Morgan fingerprint density at radius 2 is 1.81 bits per heavy atom. The fourth-order valence-corrected chi connectivity index (χ4v) is 9.39. The molecule has 0 radical (unpaired) electrons. The second-order valence-electron chi connectivity index (χ2n) is 12.2. The molecule has 0 spiro atoms. The average Bonchev–Trinajstić information content (AvgIpc) is 3.01. The minimum absolute atomic E-state index is 0.102. The third kappa shape index (κ3) is 8.45. The van der Waals surface area contributed by atoms with Gasteiger partial charge < -0.3 is 30.1 Å². The lowest BCUT2D eigenvalue weighted by Gasteiger charge is -2.42. The van der Waals surface area contributed by atoms with Crippen molar-refractivity contribution in [2.45, 2.75) is 80.6 Å². The number of benzene rings is 2. The third-order valence-electron chi connectivity index (χ3n) is 9.15. The maximum absolute atomic E-state index is 12.7. The van der Waals surface area contributed by atoms with E-state index < -0.39 is 29.2 Å². The normalized spacial score (nSPS) is 31.0. The molecule has 3 aliphatic rings. The van der Waals surface area contributed by atoms with Crippen LogP contribution in [-0.4, -0.2) is 101 Å². The summed E-state index contributed by atoms with van der Waals surface area (Å²) < 4.78 is 11.4. The summed E-state index contributed by atoms with van der Waals surface area (Å²) in [6.07, 6.45) is 5.32. The minimum Gasteiger partial charge on any atom is -0.494 e. The van der Waals surface area contributed by atoms with Gasteiger partial charge in [-0.25, -0.2) is 10.9 Å². The molecule has 3 unspecified atom stereocenters. The van der Waals surface area contributed by atoms with Crippen molar-refractivity contribution in [3.8, 4) is 5.75 Å². The summed E-state index contributed by atoms with van der Waals surface area (Å²) in [5, 5.41) is 34.8. The summed E-state index contributed by atoms with van der Waals surface area (Å²) in [4.78, 5) is 15.2. The molecular weight excluding hydrogens is 588 g/mol. The van der Waals surface area contributed by atoms with Crippen molar-refractivity contribution in [2.75, 3.05) is 44.9 Å². The number of amides is 1. The summed E-state index contributed by atoms with van der Waals surface area (Å²) in [6.45, 7) is 3.93. The van der Waals surface area contributed by atoms with E-state index in [1.807, 2.05) is 42.5 Å². The first kappa shape index (κ1) is 32.5. The molecule has 43 heavy (non-hydrogen) atoms. The van der Waals surface area contributed by atoms with Crippen molar-refractivity contribution < 1.29 is 29.6 Å². The number of aliphatic hydroxyl groups excluding tert-OH is 3. The fourth-order valence-electron chi connectivity index (χ4n) is 6.81. The number of aliphatic hydroxyl groups is 3. The van der Waals surface area contributed by atoms with Crippen molar-refractivity contribution in [1.29, 1.82) is 0 Å². The Bertz CT molecular complexity index is 1200. The Morgan fingerprint density at radius 1 is 1.07 bits per heavy atom. The Kier molecular flexibility index (Phi) is 11.7. The van der Waals surface area contributed by atoms with Crippen LogP contribution in [-0.2, 0) is 16.0 Å². The van der Waals surface area contributed by atoms with Crippen LogP contribution in [0.25, 0.3) is 0 Å². The summed E-state index contributed by atoms with van der Waals surface area (Å²) in [7, 11) is -0.695. The van der Waals surface area contributed by atoms with Gasteiger partial charge in [-0.05, 0) is 66.8 Å². The van der Waals surface area contributed by atoms with E-state index in [2.05, 4.69) is 16.5 Å². The van der Waals surface area contributed by atoms with E-state index in [1.54, 1.807) is 0 Å². The van der Waals surface area contributed by atoms with Crippen molar-refractivity contribution in [2.24, 2.45) is 0 Å². The molecule has 1 amide bonds. The summed E-state index contributed by atoms with van der Waals surface area (Å²) in [5.74, 6) is 1.36. The average molecular weight is 635 g/mol. The van der Waals surface area contributed by atoms with E-state index in [1.165, 1.54) is 12.8 Å². The summed E-state index contributed by atoms with van der Waals surface area (Å²) in [5.41, 5.74) is 2.96.